The van der Waals surface area contributed by atoms with Crippen molar-refractivity contribution in [3.05, 3.63) is 48.0 Å². The third-order valence-electron chi connectivity index (χ3n) is 3.94. The van der Waals surface area contributed by atoms with Crippen molar-refractivity contribution in [2.24, 2.45) is 0 Å². The highest BCUT2D eigenvalue weighted by Gasteiger charge is 2.20. The smallest absolute Gasteiger partial charge is 0.338 e. The maximum atomic E-state index is 12.3. The van der Waals surface area contributed by atoms with Gasteiger partial charge in [-0.25, -0.2) is 4.79 Å². The predicted molar refractivity (Wildman–Crippen MR) is 101 cm³/mol. The summed E-state index contributed by atoms with van der Waals surface area (Å²) in [5.41, 5.74) is 1.14. The topological polar surface area (TPSA) is 127 Å². The normalized spacial score (nSPS) is 12.4. The Morgan fingerprint density at radius 3 is 2.48 bits per heavy atom. The third kappa shape index (κ3) is 5.01. The van der Waals surface area contributed by atoms with E-state index in [2.05, 4.69) is 10.6 Å². The lowest BCUT2D eigenvalue weighted by atomic mass is 10.2. The zero-order valence-electron chi connectivity index (χ0n) is 15.4. The fourth-order valence-corrected chi connectivity index (χ4v) is 2.47. The Bertz CT molecular complexity index is 981. The van der Waals surface area contributed by atoms with Crippen LogP contribution in [0.25, 0.3) is 0 Å². The molecule has 0 aliphatic carbocycles. The Kier molecular flexibility index (Phi) is 5.94. The number of hydrogen-bond donors (Lipinski definition) is 2. The van der Waals surface area contributed by atoms with Gasteiger partial charge in [0.25, 0.3) is 5.91 Å². The molecule has 0 aromatic heterocycles. The molecule has 9 heteroatoms. The van der Waals surface area contributed by atoms with E-state index in [0.717, 1.165) is 0 Å². The molecule has 0 radical (unpaired) electrons. The monoisotopic (exact) mass is 395 g/mol. The van der Waals surface area contributed by atoms with Crippen LogP contribution in [0.3, 0.4) is 0 Å². The van der Waals surface area contributed by atoms with Crippen molar-refractivity contribution >= 4 is 29.2 Å². The molecule has 0 unspecified atom stereocenters. The van der Waals surface area contributed by atoms with Gasteiger partial charge in [0.2, 0.25) is 12.7 Å². The van der Waals surface area contributed by atoms with Crippen LogP contribution in [0.1, 0.15) is 23.7 Å². The Morgan fingerprint density at radius 2 is 1.76 bits per heavy atom. The molecule has 1 aliphatic heterocycles. The summed E-state index contributed by atoms with van der Waals surface area (Å²) in [6.45, 7) is 1.58. The van der Waals surface area contributed by atoms with Crippen LogP contribution >= 0.6 is 0 Å². The molecule has 0 saturated carbocycles. The Morgan fingerprint density at radius 1 is 1.07 bits per heavy atom. The molecule has 0 saturated heterocycles. The van der Waals surface area contributed by atoms with Gasteiger partial charge in [0.1, 0.15) is 6.42 Å². The first-order valence-corrected chi connectivity index (χ1v) is 8.64. The van der Waals surface area contributed by atoms with E-state index in [-0.39, 0.29) is 18.8 Å². The lowest BCUT2D eigenvalue weighted by Crippen LogP contribution is -2.30. The van der Waals surface area contributed by atoms with Gasteiger partial charge in [-0.15, -0.1) is 0 Å². The molecule has 2 aromatic rings. The number of nitriles is 1. The first-order chi connectivity index (χ1) is 14.0. The zero-order chi connectivity index (χ0) is 20.8. The lowest BCUT2D eigenvalue weighted by Gasteiger charge is -2.14. The van der Waals surface area contributed by atoms with Gasteiger partial charge in [-0.05, 0) is 43.3 Å². The van der Waals surface area contributed by atoms with Gasteiger partial charge < -0.3 is 24.8 Å². The summed E-state index contributed by atoms with van der Waals surface area (Å²) < 4.78 is 15.6. The molecule has 9 nitrogen and oxygen atoms in total. The van der Waals surface area contributed by atoms with Crippen LogP contribution in [0.5, 0.6) is 11.5 Å². The number of ether oxygens (including phenoxy) is 3. The van der Waals surface area contributed by atoms with Crippen molar-refractivity contribution in [1.29, 1.82) is 5.26 Å². The quantitative estimate of drug-likeness (QED) is 0.719. The van der Waals surface area contributed by atoms with Gasteiger partial charge in [0.05, 0.1) is 11.6 Å². The van der Waals surface area contributed by atoms with E-state index in [4.69, 9.17) is 19.5 Å². The fraction of sp³-hybridized carbons (Fsp3) is 0.200. The Balaban J connectivity index is 1.54. The van der Waals surface area contributed by atoms with Crippen molar-refractivity contribution in [2.75, 3.05) is 17.4 Å². The molecule has 0 bridgehead atoms. The molecule has 0 fully saturated rings. The maximum Gasteiger partial charge on any atom is 0.338 e. The summed E-state index contributed by atoms with van der Waals surface area (Å²) in [7, 11) is 0. The van der Waals surface area contributed by atoms with E-state index in [0.29, 0.717) is 22.9 Å². The number of esters is 1. The summed E-state index contributed by atoms with van der Waals surface area (Å²) in [4.78, 5) is 35.9. The first-order valence-electron chi connectivity index (χ1n) is 8.64. The van der Waals surface area contributed by atoms with E-state index in [1.165, 1.54) is 31.2 Å². The first kappa shape index (κ1) is 19.7. The van der Waals surface area contributed by atoms with Crippen molar-refractivity contribution < 1.29 is 28.6 Å². The number of benzene rings is 2. The second kappa shape index (κ2) is 8.75. The highest BCUT2D eigenvalue weighted by Crippen LogP contribution is 2.34. The van der Waals surface area contributed by atoms with E-state index in [1.54, 1.807) is 24.3 Å². The molecular weight excluding hydrogens is 378 g/mol. The van der Waals surface area contributed by atoms with E-state index >= 15 is 0 Å². The van der Waals surface area contributed by atoms with Gasteiger partial charge in [0, 0.05) is 17.4 Å². The number of rotatable bonds is 6. The average Bonchev–Trinajstić information content (AvgIpc) is 3.16. The van der Waals surface area contributed by atoms with Crippen LogP contribution in [0.4, 0.5) is 11.4 Å². The highest BCUT2D eigenvalue weighted by molar-refractivity contribution is 5.98. The van der Waals surface area contributed by atoms with Crippen molar-refractivity contribution in [2.45, 2.75) is 19.4 Å². The second-order valence-electron chi connectivity index (χ2n) is 6.07. The van der Waals surface area contributed by atoms with Crippen LogP contribution in [0.2, 0.25) is 0 Å². The third-order valence-corrected chi connectivity index (χ3v) is 3.94. The minimum absolute atomic E-state index is 0.127. The average molecular weight is 395 g/mol. The summed E-state index contributed by atoms with van der Waals surface area (Å²) in [6, 6.07) is 12.6. The molecule has 2 amide bonds. The second-order valence-corrected chi connectivity index (χ2v) is 6.07. The number of carbonyl (C=O) groups excluding carboxylic acids is 3. The number of hydrogen-bond acceptors (Lipinski definition) is 7. The number of nitrogens with zero attached hydrogens (tertiary/aromatic N) is 1. The molecule has 1 aliphatic rings. The molecule has 3 rings (SSSR count). The zero-order valence-corrected chi connectivity index (χ0v) is 15.4. The Hall–Kier alpha value is -4.06. The number of amides is 2. The van der Waals surface area contributed by atoms with Crippen LogP contribution in [0, 0.1) is 11.3 Å². The molecule has 2 N–H and O–H groups in total. The van der Waals surface area contributed by atoms with Crippen molar-refractivity contribution in [3.63, 3.8) is 0 Å². The number of fused-ring (bicyclic) bond motifs is 1. The standard InChI is InChI=1S/C20H17N3O6/c1-12(19(25)23-15-6-7-16-17(10-15)28-11-27-16)29-20(26)13-2-4-14(5-3-13)22-18(24)8-9-21/h2-7,10,12H,8,11H2,1H3,(H,22,24)(H,23,25)/t12-/m0/s1. The molecule has 29 heavy (non-hydrogen) atoms. The minimum Gasteiger partial charge on any atom is -0.454 e. The van der Waals surface area contributed by atoms with Crippen molar-refractivity contribution in [1.82, 2.24) is 0 Å². The molecular formula is C20H17N3O6. The maximum absolute atomic E-state index is 12.3. The lowest BCUT2D eigenvalue weighted by molar-refractivity contribution is -0.123. The molecule has 0 spiro atoms. The highest BCUT2D eigenvalue weighted by atomic mass is 16.7. The minimum atomic E-state index is -1.04. The molecule has 1 heterocycles. The van der Waals surface area contributed by atoms with Gasteiger partial charge in [-0.1, -0.05) is 0 Å². The van der Waals surface area contributed by atoms with Gasteiger partial charge in [-0.2, -0.15) is 5.26 Å². The summed E-state index contributed by atoms with van der Waals surface area (Å²) in [5.74, 6) is -0.522. The fourth-order valence-electron chi connectivity index (χ4n) is 2.47. The van der Waals surface area contributed by atoms with E-state index in [1.807, 2.05) is 0 Å². The van der Waals surface area contributed by atoms with Gasteiger partial charge >= 0.3 is 5.97 Å². The summed E-state index contributed by atoms with van der Waals surface area (Å²) >= 11 is 0. The predicted octanol–water partition coefficient (Wildman–Crippen LogP) is 2.45. The van der Waals surface area contributed by atoms with Gasteiger partial charge in [-0.3, -0.25) is 9.59 Å². The molecule has 1 atom stereocenters. The number of anilines is 2. The molecule has 2 aromatic carbocycles. The van der Waals surface area contributed by atoms with Crippen molar-refractivity contribution in [3.8, 4) is 17.6 Å². The van der Waals surface area contributed by atoms with Crippen LogP contribution < -0.4 is 20.1 Å². The molecule has 148 valence electrons. The summed E-state index contributed by atoms with van der Waals surface area (Å²) in [5, 5.41) is 13.6. The SMILES string of the molecule is C[C@H](OC(=O)c1ccc(NC(=O)CC#N)cc1)C(=O)Nc1ccc2c(c1)OCO2. The van der Waals surface area contributed by atoms with Crippen LogP contribution in [-0.4, -0.2) is 30.7 Å². The summed E-state index contributed by atoms with van der Waals surface area (Å²) in [6.07, 6.45) is -1.30. The van der Waals surface area contributed by atoms with Gasteiger partial charge in [0.15, 0.2) is 17.6 Å². The van der Waals surface area contributed by atoms with E-state index < -0.39 is 23.9 Å². The van der Waals surface area contributed by atoms with Crippen LogP contribution in [-0.2, 0) is 14.3 Å². The Labute approximate surface area is 166 Å². The number of carbonyl (C=O) groups is 3. The van der Waals surface area contributed by atoms with Crippen LogP contribution in [0.15, 0.2) is 42.5 Å². The number of nitrogens with one attached hydrogen (secondary N) is 2. The largest absolute Gasteiger partial charge is 0.454 e. The van der Waals surface area contributed by atoms with E-state index in [9.17, 15) is 14.4 Å².